The highest BCUT2D eigenvalue weighted by molar-refractivity contribution is 5.99. The molecule has 120 valence electrons. The van der Waals surface area contributed by atoms with E-state index in [4.69, 9.17) is 0 Å². The third kappa shape index (κ3) is 2.81. The van der Waals surface area contributed by atoms with Gasteiger partial charge in [-0.25, -0.2) is 0 Å². The summed E-state index contributed by atoms with van der Waals surface area (Å²) in [5.41, 5.74) is 4.31. The minimum Gasteiger partial charge on any atom is -0.340 e. The van der Waals surface area contributed by atoms with Gasteiger partial charge in [0, 0.05) is 11.9 Å². The van der Waals surface area contributed by atoms with Crippen molar-refractivity contribution in [3.63, 3.8) is 0 Å². The van der Waals surface area contributed by atoms with Gasteiger partial charge in [-0.05, 0) is 51.3 Å². The maximum Gasteiger partial charge on any atom is 0.199 e. The lowest BCUT2D eigenvalue weighted by molar-refractivity contribution is 0.388. The quantitative estimate of drug-likeness (QED) is 0.562. The molecule has 2 N–H and O–H groups in total. The fourth-order valence-electron chi connectivity index (χ4n) is 3.05. The fourth-order valence-corrected chi connectivity index (χ4v) is 3.05. The second kappa shape index (κ2) is 6.40. The second-order valence-electron chi connectivity index (χ2n) is 5.97. The number of pyridine rings is 1. The van der Waals surface area contributed by atoms with Crippen LogP contribution in [0.3, 0.4) is 0 Å². The minimum absolute atomic E-state index is 0.0587. The van der Waals surface area contributed by atoms with E-state index in [9.17, 15) is 10.0 Å². The molecule has 0 bridgehead atoms. The van der Waals surface area contributed by atoms with E-state index in [1.54, 1.807) is 6.07 Å². The Kier molecular flexibility index (Phi) is 4.32. The molecule has 0 fully saturated rings. The van der Waals surface area contributed by atoms with Crippen molar-refractivity contribution >= 4 is 27.5 Å². The number of benzene rings is 2. The largest absolute Gasteiger partial charge is 0.340 e. The van der Waals surface area contributed by atoms with Crippen LogP contribution in [-0.2, 0) is 6.54 Å². The minimum atomic E-state index is -0.0587. The number of nitrogens with one attached hydrogen (secondary N) is 1. The molecule has 0 spiro atoms. The first-order chi connectivity index (χ1) is 11.1. The molecular formula is C18H21N3O2. The summed E-state index contributed by atoms with van der Waals surface area (Å²) in [5.74, 6) is 0. The van der Waals surface area contributed by atoms with E-state index in [0.29, 0.717) is 16.5 Å². The average Bonchev–Trinajstić information content (AvgIpc) is 2.57. The molecule has 3 rings (SSSR count). The molecule has 0 saturated carbocycles. The van der Waals surface area contributed by atoms with Crippen LogP contribution >= 0.6 is 0 Å². The van der Waals surface area contributed by atoms with E-state index in [2.05, 4.69) is 29.0 Å². The highest BCUT2D eigenvalue weighted by atomic mass is 16.5. The molecule has 3 aromatic rings. The summed E-state index contributed by atoms with van der Waals surface area (Å²) < 4.78 is 2.16. The SMILES string of the molecule is CN(C)CCCn1c2ccccc2c(=O)c2c(NO)cccc21. The number of hydrogen-bond donors (Lipinski definition) is 2. The topological polar surface area (TPSA) is 57.5 Å². The summed E-state index contributed by atoms with van der Waals surface area (Å²) in [6.07, 6.45) is 0.978. The van der Waals surface area contributed by atoms with Crippen LogP contribution in [0.2, 0.25) is 0 Å². The van der Waals surface area contributed by atoms with Crippen LogP contribution in [0.5, 0.6) is 0 Å². The molecule has 0 aliphatic heterocycles. The van der Waals surface area contributed by atoms with E-state index in [1.165, 1.54) is 0 Å². The molecule has 0 atom stereocenters. The zero-order chi connectivity index (χ0) is 16.4. The first kappa shape index (κ1) is 15.5. The summed E-state index contributed by atoms with van der Waals surface area (Å²) in [7, 11) is 4.10. The molecule has 23 heavy (non-hydrogen) atoms. The van der Waals surface area contributed by atoms with Crippen molar-refractivity contribution < 1.29 is 5.21 Å². The molecule has 0 aliphatic rings. The lowest BCUT2D eigenvalue weighted by atomic mass is 10.1. The Hall–Kier alpha value is -2.37. The molecule has 5 nitrogen and oxygen atoms in total. The number of hydrogen-bond acceptors (Lipinski definition) is 4. The van der Waals surface area contributed by atoms with Crippen molar-refractivity contribution in [3.05, 3.63) is 52.7 Å². The molecule has 0 amide bonds. The molecule has 2 aromatic carbocycles. The number of anilines is 1. The summed E-state index contributed by atoms with van der Waals surface area (Å²) in [6, 6.07) is 13.1. The lowest BCUT2D eigenvalue weighted by Gasteiger charge is -2.17. The third-order valence-electron chi connectivity index (χ3n) is 4.11. The fraction of sp³-hybridized carbons (Fsp3) is 0.278. The van der Waals surface area contributed by atoms with Gasteiger partial charge >= 0.3 is 0 Å². The Morgan fingerprint density at radius 3 is 2.57 bits per heavy atom. The van der Waals surface area contributed by atoms with Gasteiger partial charge in [0.1, 0.15) is 0 Å². The molecule has 0 saturated heterocycles. The Labute approximate surface area is 134 Å². The van der Waals surface area contributed by atoms with Crippen molar-refractivity contribution in [2.75, 3.05) is 26.1 Å². The Morgan fingerprint density at radius 2 is 1.83 bits per heavy atom. The zero-order valence-corrected chi connectivity index (χ0v) is 13.4. The molecule has 0 radical (unpaired) electrons. The van der Waals surface area contributed by atoms with E-state index in [0.717, 1.165) is 30.5 Å². The number of para-hydroxylation sites is 1. The van der Waals surface area contributed by atoms with Gasteiger partial charge < -0.3 is 9.47 Å². The second-order valence-corrected chi connectivity index (χ2v) is 5.97. The monoisotopic (exact) mass is 311 g/mol. The van der Waals surface area contributed by atoms with Gasteiger partial charge in [0.25, 0.3) is 0 Å². The number of nitrogens with zero attached hydrogens (tertiary/aromatic N) is 2. The standard InChI is InChI=1S/C18H21N3O2/c1-20(2)11-6-12-21-15-9-4-3-7-13(15)18(22)17-14(19-23)8-5-10-16(17)21/h3-5,7-10,19,23H,6,11-12H2,1-2H3. The van der Waals surface area contributed by atoms with Crippen LogP contribution in [0.15, 0.2) is 47.3 Å². The van der Waals surface area contributed by atoms with Crippen LogP contribution in [0, 0.1) is 0 Å². The van der Waals surface area contributed by atoms with Crippen molar-refractivity contribution in [2.45, 2.75) is 13.0 Å². The van der Waals surface area contributed by atoms with Gasteiger partial charge in [0.15, 0.2) is 5.43 Å². The maximum atomic E-state index is 12.8. The molecule has 0 aliphatic carbocycles. The van der Waals surface area contributed by atoms with Crippen LogP contribution in [0.25, 0.3) is 21.8 Å². The van der Waals surface area contributed by atoms with Crippen LogP contribution in [0.4, 0.5) is 5.69 Å². The molecular weight excluding hydrogens is 290 g/mol. The van der Waals surface area contributed by atoms with E-state index in [1.807, 2.05) is 36.4 Å². The number of rotatable bonds is 5. The molecule has 0 unspecified atom stereocenters. The van der Waals surface area contributed by atoms with Gasteiger partial charge in [-0.1, -0.05) is 18.2 Å². The van der Waals surface area contributed by atoms with Crippen LogP contribution in [0.1, 0.15) is 6.42 Å². The van der Waals surface area contributed by atoms with Gasteiger partial charge in [0.05, 0.1) is 22.1 Å². The first-order valence-electron chi connectivity index (χ1n) is 7.72. The Morgan fingerprint density at radius 1 is 1.09 bits per heavy atom. The van der Waals surface area contributed by atoms with E-state index >= 15 is 0 Å². The average molecular weight is 311 g/mol. The van der Waals surface area contributed by atoms with E-state index in [-0.39, 0.29) is 5.43 Å². The van der Waals surface area contributed by atoms with Gasteiger partial charge in [-0.15, -0.1) is 0 Å². The van der Waals surface area contributed by atoms with Gasteiger partial charge in [-0.2, -0.15) is 0 Å². The predicted molar refractivity (Wildman–Crippen MR) is 94.3 cm³/mol. The zero-order valence-electron chi connectivity index (χ0n) is 13.4. The third-order valence-corrected chi connectivity index (χ3v) is 4.11. The highest BCUT2D eigenvalue weighted by Gasteiger charge is 2.13. The number of aromatic nitrogens is 1. The highest BCUT2D eigenvalue weighted by Crippen LogP contribution is 2.24. The maximum absolute atomic E-state index is 12.8. The van der Waals surface area contributed by atoms with Crippen LogP contribution < -0.4 is 10.9 Å². The molecule has 1 heterocycles. The Balaban J connectivity index is 2.29. The van der Waals surface area contributed by atoms with Crippen molar-refractivity contribution in [1.29, 1.82) is 0 Å². The number of fused-ring (bicyclic) bond motifs is 2. The predicted octanol–water partition coefficient (Wildman–Crippen LogP) is 2.91. The van der Waals surface area contributed by atoms with Gasteiger partial charge in [-0.3, -0.25) is 15.5 Å². The van der Waals surface area contributed by atoms with Gasteiger partial charge in [0.2, 0.25) is 0 Å². The Bertz CT molecular complexity index is 900. The first-order valence-corrected chi connectivity index (χ1v) is 7.72. The summed E-state index contributed by atoms with van der Waals surface area (Å²) >= 11 is 0. The summed E-state index contributed by atoms with van der Waals surface area (Å²) in [6.45, 7) is 1.78. The smallest absolute Gasteiger partial charge is 0.199 e. The molecule has 5 heteroatoms. The lowest BCUT2D eigenvalue weighted by Crippen LogP contribution is -2.17. The number of aryl methyl sites for hydroxylation is 1. The van der Waals surface area contributed by atoms with Crippen molar-refractivity contribution in [1.82, 2.24) is 9.47 Å². The molecule has 1 aromatic heterocycles. The van der Waals surface area contributed by atoms with Crippen molar-refractivity contribution in [3.8, 4) is 0 Å². The normalized spacial score (nSPS) is 11.5. The van der Waals surface area contributed by atoms with Crippen molar-refractivity contribution in [2.24, 2.45) is 0 Å². The van der Waals surface area contributed by atoms with E-state index < -0.39 is 0 Å². The van der Waals surface area contributed by atoms with Crippen LogP contribution in [-0.4, -0.2) is 35.3 Å². The summed E-state index contributed by atoms with van der Waals surface area (Å²) in [5, 5.41) is 10.6. The summed E-state index contributed by atoms with van der Waals surface area (Å²) in [4.78, 5) is 15.0.